The van der Waals surface area contributed by atoms with E-state index < -0.39 is 23.1 Å². The van der Waals surface area contributed by atoms with Crippen molar-refractivity contribution in [2.24, 2.45) is 17.8 Å². The average Bonchev–Trinajstić information content (AvgIpc) is 3.11. The minimum atomic E-state index is -0.748. The van der Waals surface area contributed by atoms with Crippen LogP contribution in [0.1, 0.15) is 0 Å². The highest BCUT2D eigenvalue weighted by Gasteiger charge is 2.60. The van der Waals surface area contributed by atoms with Crippen LogP contribution in [-0.4, -0.2) is 55.6 Å². The van der Waals surface area contributed by atoms with E-state index in [-0.39, 0.29) is 16.3 Å². The minimum absolute atomic E-state index is 0.0695. The molecule has 0 spiro atoms. The minimum Gasteiger partial charge on any atom is -0.275 e. The molecule has 4 atom stereocenters. The zero-order chi connectivity index (χ0) is 16.3. The third-order valence-electron chi connectivity index (χ3n) is 3.44. The Morgan fingerprint density at radius 2 is 1.67 bits per heavy atom. The van der Waals surface area contributed by atoms with Crippen molar-refractivity contribution >= 4 is 46.6 Å². The summed E-state index contributed by atoms with van der Waals surface area (Å²) in [7, 11) is 5.65. The van der Waals surface area contributed by atoms with Gasteiger partial charge in [0.15, 0.2) is 0 Å². The van der Waals surface area contributed by atoms with Gasteiger partial charge < -0.3 is 0 Å². The highest BCUT2D eigenvalue weighted by Crippen LogP contribution is 2.51. The Hall–Kier alpha value is -0.530. The average molecular weight is 360 g/mol. The topological polar surface area (TPSA) is 59.1 Å². The second-order valence-electron chi connectivity index (χ2n) is 4.57. The first kappa shape index (κ1) is 18.5. The fraction of sp³-hybridized carbons (Fsp3) is 0.667. The molecule has 0 unspecified atom stereocenters. The lowest BCUT2D eigenvalue weighted by Crippen LogP contribution is -2.34. The van der Waals surface area contributed by atoms with E-state index in [1.807, 2.05) is 0 Å². The van der Waals surface area contributed by atoms with E-state index in [1.54, 1.807) is 0 Å². The molecule has 0 aromatic carbocycles. The molecule has 0 bridgehead atoms. The van der Waals surface area contributed by atoms with Crippen LogP contribution in [0.5, 0.6) is 0 Å². The lowest BCUT2D eigenvalue weighted by molar-refractivity contribution is -0.174. The molecule has 0 aromatic rings. The molecule has 120 valence electrons. The Bertz CT molecular complexity index is 442. The van der Waals surface area contributed by atoms with Crippen LogP contribution in [0.2, 0.25) is 0 Å². The number of carbonyl (C=O) groups excluding carboxylic acids is 2. The largest absolute Gasteiger partial charge is 0.275 e. The molecule has 21 heavy (non-hydrogen) atoms. The van der Waals surface area contributed by atoms with Crippen LogP contribution < -0.4 is 0 Å². The van der Waals surface area contributed by atoms with Crippen molar-refractivity contribution in [3.63, 3.8) is 0 Å². The molecule has 2 amide bonds. The molecule has 6 nitrogen and oxygen atoms in total. The number of carbonyl (C=O) groups is 2. The fourth-order valence-electron chi connectivity index (χ4n) is 2.10. The van der Waals surface area contributed by atoms with E-state index in [0.29, 0.717) is 0 Å². The number of amides is 2. The molecule has 1 aliphatic rings. The summed E-state index contributed by atoms with van der Waals surface area (Å²) in [6.45, 7) is 0. The zero-order valence-corrected chi connectivity index (χ0v) is 14.3. The number of nitrogens with zero attached hydrogens (tertiary/aromatic N) is 2. The van der Waals surface area contributed by atoms with Crippen molar-refractivity contribution < 1.29 is 19.3 Å². The first-order valence-electron chi connectivity index (χ1n) is 6.06. The number of rotatable bonds is 6. The zero-order valence-electron chi connectivity index (χ0n) is 12.0. The van der Waals surface area contributed by atoms with Gasteiger partial charge in [-0.05, 0) is 6.08 Å². The van der Waals surface area contributed by atoms with Crippen LogP contribution in [0.3, 0.4) is 0 Å². The van der Waals surface area contributed by atoms with Gasteiger partial charge in [0, 0.05) is 20.0 Å². The maximum atomic E-state index is 12.3. The van der Waals surface area contributed by atoms with Crippen LogP contribution in [0.4, 0.5) is 0 Å². The molecule has 9 heteroatoms. The summed E-state index contributed by atoms with van der Waals surface area (Å²) in [5.41, 5.74) is 0. The van der Waals surface area contributed by atoms with E-state index in [0.717, 1.165) is 10.1 Å². The second kappa shape index (κ2) is 7.65. The number of hydroxylamine groups is 4. The Kier molecular flexibility index (Phi) is 6.74. The Morgan fingerprint density at radius 3 is 2.10 bits per heavy atom. The second-order valence-corrected chi connectivity index (χ2v) is 6.08. The smallest absolute Gasteiger partial charge is 0.253 e. The van der Waals surface area contributed by atoms with Gasteiger partial charge in [-0.25, -0.2) is 10.1 Å². The molecule has 0 heterocycles. The van der Waals surface area contributed by atoms with Gasteiger partial charge >= 0.3 is 0 Å². The Labute approximate surface area is 138 Å². The van der Waals surface area contributed by atoms with E-state index in [2.05, 4.69) is 0 Å². The molecule has 0 radical (unpaired) electrons. The molecule has 1 saturated carbocycles. The Morgan fingerprint density at radius 1 is 1.14 bits per heavy atom. The van der Waals surface area contributed by atoms with Crippen molar-refractivity contribution in [2.45, 2.75) is 5.38 Å². The van der Waals surface area contributed by atoms with E-state index in [4.69, 9.17) is 44.5 Å². The van der Waals surface area contributed by atoms with Gasteiger partial charge in [0.25, 0.3) is 11.8 Å². The highest BCUT2D eigenvalue weighted by molar-refractivity contribution is 6.56. The molecule has 0 N–H and O–H groups in total. The molecular weight excluding hydrogens is 343 g/mol. The van der Waals surface area contributed by atoms with Crippen LogP contribution in [-0.2, 0) is 19.3 Å². The normalized spacial score (nSPS) is 25.0. The van der Waals surface area contributed by atoms with Crippen LogP contribution >= 0.6 is 34.8 Å². The monoisotopic (exact) mass is 358 g/mol. The summed E-state index contributed by atoms with van der Waals surface area (Å²) < 4.78 is -0.0695. The molecular formula is C12H17Cl3N2O4. The van der Waals surface area contributed by atoms with E-state index in [9.17, 15) is 9.59 Å². The molecule has 1 aliphatic carbocycles. The van der Waals surface area contributed by atoms with Crippen molar-refractivity contribution in [2.75, 3.05) is 28.3 Å². The van der Waals surface area contributed by atoms with Crippen molar-refractivity contribution in [3.8, 4) is 0 Å². The van der Waals surface area contributed by atoms with Crippen LogP contribution in [0.15, 0.2) is 10.6 Å². The maximum absolute atomic E-state index is 12.3. The lowest BCUT2D eigenvalue weighted by atomic mass is 10.0. The lowest BCUT2D eigenvalue weighted by Gasteiger charge is -2.20. The summed E-state index contributed by atoms with van der Waals surface area (Å²) in [4.78, 5) is 34.0. The summed E-state index contributed by atoms with van der Waals surface area (Å²) >= 11 is 17.5. The van der Waals surface area contributed by atoms with E-state index >= 15 is 0 Å². The molecule has 0 aromatic heterocycles. The summed E-state index contributed by atoms with van der Waals surface area (Å²) in [5, 5.41) is 1.62. The van der Waals surface area contributed by atoms with Gasteiger partial charge in [-0.2, -0.15) is 0 Å². The number of hydrogen-bond acceptors (Lipinski definition) is 4. The van der Waals surface area contributed by atoms with Crippen molar-refractivity contribution in [1.82, 2.24) is 10.1 Å². The molecule has 1 fully saturated rings. The number of alkyl halides is 1. The fourth-order valence-corrected chi connectivity index (χ4v) is 2.88. The first-order valence-corrected chi connectivity index (χ1v) is 7.25. The third-order valence-corrected chi connectivity index (χ3v) is 4.26. The summed E-state index contributed by atoms with van der Waals surface area (Å²) in [6.07, 6.45) is 1.36. The summed E-state index contributed by atoms with van der Waals surface area (Å²) in [5.74, 6) is -2.41. The summed E-state index contributed by atoms with van der Waals surface area (Å²) in [6, 6.07) is 0. The SMILES string of the molecule is CON(C)C(=O)[C@H]1[C@H](Cl)[C@@H]1[C@H](C=C(Cl)Cl)C(=O)N(C)OC. The number of halogens is 3. The van der Waals surface area contributed by atoms with Gasteiger partial charge in [-0.15, -0.1) is 11.6 Å². The predicted molar refractivity (Wildman–Crippen MR) is 79.5 cm³/mol. The van der Waals surface area contributed by atoms with Gasteiger partial charge in [-0.3, -0.25) is 19.3 Å². The molecule has 0 saturated heterocycles. The molecule has 0 aliphatic heterocycles. The standard InChI is InChI=1S/C12H17Cl3N2O4/c1-16(20-3)11(18)6(5-7(13)14)8-9(10(8)15)12(19)17(2)21-4/h5-6,8-10H,1-4H3/t6-,8+,9+,10+/m0/s1. The Balaban J connectivity index is 2.94. The van der Waals surface area contributed by atoms with Crippen LogP contribution in [0, 0.1) is 17.8 Å². The first-order chi connectivity index (χ1) is 9.76. The van der Waals surface area contributed by atoms with Crippen molar-refractivity contribution in [1.29, 1.82) is 0 Å². The van der Waals surface area contributed by atoms with Crippen LogP contribution in [0.25, 0.3) is 0 Å². The van der Waals surface area contributed by atoms with Crippen molar-refractivity contribution in [3.05, 3.63) is 10.6 Å². The number of hydrogen-bond donors (Lipinski definition) is 0. The third kappa shape index (κ3) is 4.23. The predicted octanol–water partition coefficient (Wildman–Crippen LogP) is 1.81. The quantitative estimate of drug-likeness (QED) is 0.536. The van der Waals surface area contributed by atoms with Gasteiger partial charge in [-0.1, -0.05) is 23.2 Å². The maximum Gasteiger partial charge on any atom is 0.253 e. The van der Waals surface area contributed by atoms with Gasteiger partial charge in [0.05, 0.1) is 31.4 Å². The highest BCUT2D eigenvalue weighted by atomic mass is 35.5. The van der Waals surface area contributed by atoms with Gasteiger partial charge in [0.1, 0.15) is 4.49 Å². The molecule has 1 rings (SSSR count). The van der Waals surface area contributed by atoms with E-state index in [1.165, 1.54) is 34.4 Å². The van der Waals surface area contributed by atoms with Gasteiger partial charge in [0.2, 0.25) is 0 Å².